The van der Waals surface area contributed by atoms with Crippen molar-refractivity contribution < 1.29 is 19.1 Å². The minimum atomic E-state index is -1.29. The van der Waals surface area contributed by atoms with Crippen molar-refractivity contribution in [3.05, 3.63) is 87.7 Å². The molecular weight excluding hydrogens is 463 g/mol. The second-order valence-corrected chi connectivity index (χ2v) is 9.35. The molecule has 1 aliphatic carbocycles. The Morgan fingerprint density at radius 2 is 1.89 bits per heavy atom. The lowest BCUT2D eigenvalue weighted by Gasteiger charge is -2.36. The molecule has 8 nitrogen and oxygen atoms in total. The van der Waals surface area contributed by atoms with Crippen LogP contribution in [0.3, 0.4) is 0 Å². The Morgan fingerprint density at radius 3 is 2.56 bits per heavy atom. The van der Waals surface area contributed by atoms with E-state index in [2.05, 4.69) is 10.4 Å². The minimum absolute atomic E-state index is 0.113. The highest BCUT2D eigenvalue weighted by Gasteiger charge is 2.28. The second-order valence-electron chi connectivity index (χ2n) is 9.35. The van der Waals surface area contributed by atoms with Crippen LogP contribution in [0.1, 0.15) is 41.7 Å². The van der Waals surface area contributed by atoms with Gasteiger partial charge in [0.1, 0.15) is 11.4 Å². The molecule has 0 radical (unpaired) electrons. The largest absolute Gasteiger partial charge is 0.477 e. The van der Waals surface area contributed by atoms with Gasteiger partial charge in [0.25, 0.3) is 0 Å². The van der Waals surface area contributed by atoms with E-state index in [1.165, 1.54) is 12.3 Å². The standard InChI is InChI=1S/C27H29FN4O4/c1-18(29-36-17-19-5-3-2-4-6-19)15-30-9-11-31(12-10-30)25-14-24-21(13-23(25)28)26(33)22(27(34)35)16-32(24)20-7-8-20/h2-6,13-16,20,29H,7-12,17H2,1H3,(H,34,35). The third-order valence-corrected chi connectivity index (χ3v) is 6.62. The molecule has 188 valence electrons. The maximum absolute atomic E-state index is 15.2. The molecule has 1 saturated heterocycles. The normalized spacial score (nSPS) is 16.4. The van der Waals surface area contributed by atoms with Crippen molar-refractivity contribution in [2.45, 2.75) is 32.4 Å². The number of fused-ring (bicyclic) bond motifs is 1. The van der Waals surface area contributed by atoms with Gasteiger partial charge in [0.05, 0.1) is 23.5 Å². The first kappa shape index (κ1) is 23.9. The molecule has 5 rings (SSSR count). The van der Waals surface area contributed by atoms with Crippen LogP contribution in [-0.2, 0) is 11.4 Å². The molecule has 2 N–H and O–H groups in total. The Hall–Kier alpha value is -3.85. The number of aromatic carboxylic acids is 1. The third-order valence-electron chi connectivity index (χ3n) is 6.62. The van der Waals surface area contributed by atoms with E-state index in [4.69, 9.17) is 4.84 Å². The van der Waals surface area contributed by atoms with Crippen molar-refractivity contribution in [3.8, 4) is 0 Å². The molecule has 0 bridgehead atoms. The number of carbonyl (C=O) groups is 1. The Labute approximate surface area is 208 Å². The van der Waals surface area contributed by atoms with E-state index < -0.39 is 17.2 Å². The van der Waals surface area contributed by atoms with Crippen molar-refractivity contribution in [2.24, 2.45) is 0 Å². The van der Waals surface area contributed by atoms with Crippen molar-refractivity contribution in [3.63, 3.8) is 0 Å². The third kappa shape index (κ3) is 5.06. The highest BCUT2D eigenvalue weighted by Crippen LogP contribution is 2.38. The summed E-state index contributed by atoms with van der Waals surface area (Å²) in [4.78, 5) is 34.0. The molecule has 2 aliphatic rings. The SMILES string of the molecule is CC(=CN1CCN(c2cc3c(cc2F)c(=O)c(C(=O)O)cn3C2CC2)CC1)NOCc1ccccc1. The van der Waals surface area contributed by atoms with Gasteiger partial charge < -0.3 is 19.5 Å². The average molecular weight is 493 g/mol. The number of aromatic nitrogens is 1. The Balaban J connectivity index is 1.27. The fourth-order valence-electron chi connectivity index (χ4n) is 4.61. The van der Waals surface area contributed by atoms with E-state index >= 15 is 4.39 Å². The summed E-state index contributed by atoms with van der Waals surface area (Å²) in [5.74, 6) is -1.80. The summed E-state index contributed by atoms with van der Waals surface area (Å²) in [5, 5.41) is 9.54. The maximum Gasteiger partial charge on any atom is 0.341 e. The van der Waals surface area contributed by atoms with E-state index in [0.29, 0.717) is 44.0 Å². The number of pyridine rings is 1. The van der Waals surface area contributed by atoms with Gasteiger partial charge in [-0.2, -0.15) is 0 Å². The van der Waals surface area contributed by atoms with Gasteiger partial charge in [-0.3, -0.25) is 15.1 Å². The second kappa shape index (κ2) is 10.0. The summed E-state index contributed by atoms with van der Waals surface area (Å²) in [6, 6.07) is 12.9. The lowest BCUT2D eigenvalue weighted by Crippen LogP contribution is -2.44. The highest BCUT2D eigenvalue weighted by molar-refractivity contribution is 5.93. The number of hydroxylamine groups is 1. The first-order chi connectivity index (χ1) is 17.4. The lowest BCUT2D eigenvalue weighted by molar-refractivity contribution is 0.0480. The van der Waals surface area contributed by atoms with Gasteiger partial charge in [-0.25, -0.2) is 9.18 Å². The quantitative estimate of drug-likeness (QED) is 0.462. The fourth-order valence-corrected chi connectivity index (χ4v) is 4.61. The number of allylic oxidation sites excluding steroid dienone is 1. The molecule has 0 unspecified atom stereocenters. The molecule has 1 saturated carbocycles. The van der Waals surface area contributed by atoms with Crippen LogP contribution in [0.25, 0.3) is 10.9 Å². The van der Waals surface area contributed by atoms with Crippen LogP contribution in [0, 0.1) is 5.82 Å². The van der Waals surface area contributed by atoms with Gasteiger partial charge in [0.15, 0.2) is 0 Å². The zero-order valence-electron chi connectivity index (χ0n) is 20.1. The van der Waals surface area contributed by atoms with Crippen LogP contribution >= 0.6 is 0 Å². The molecule has 3 aromatic rings. The van der Waals surface area contributed by atoms with E-state index in [0.717, 1.165) is 24.1 Å². The first-order valence-corrected chi connectivity index (χ1v) is 12.1. The number of carboxylic acids is 1. The van der Waals surface area contributed by atoms with Crippen molar-refractivity contribution in [2.75, 3.05) is 31.1 Å². The number of rotatable bonds is 8. The van der Waals surface area contributed by atoms with Crippen LogP contribution in [-0.4, -0.2) is 46.7 Å². The number of carboxylic acid groups (broad SMARTS) is 1. The number of halogens is 1. The molecule has 36 heavy (non-hydrogen) atoms. The smallest absolute Gasteiger partial charge is 0.341 e. The number of hydrogen-bond donors (Lipinski definition) is 2. The number of benzene rings is 2. The minimum Gasteiger partial charge on any atom is -0.477 e. The first-order valence-electron chi connectivity index (χ1n) is 12.1. The van der Waals surface area contributed by atoms with E-state index in [1.54, 1.807) is 6.07 Å². The van der Waals surface area contributed by atoms with Gasteiger partial charge in [-0.15, -0.1) is 0 Å². The number of nitrogens with zero attached hydrogens (tertiary/aromatic N) is 3. The molecule has 2 aromatic carbocycles. The van der Waals surface area contributed by atoms with Gasteiger partial charge in [0, 0.05) is 50.0 Å². The molecule has 1 aromatic heterocycles. The summed E-state index contributed by atoms with van der Waals surface area (Å²) in [5.41, 5.74) is 4.97. The van der Waals surface area contributed by atoms with Gasteiger partial charge in [-0.1, -0.05) is 30.3 Å². The molecule has 1 aliphatic heterocycles. The maximum atomic E-state index is 15.2. The monoisotopic (exact) mass is 492 g/mol. The number of hydrogen-bond acceptors (Lipinski definition) is 6. The van der Waals surface area contributed by atoms with E-state index in [-0.39, 0.29) is 17.0 Å². The van der Waals surface area contributed by atoms with Crippen LogP contribution in [0.5, 0.6) is 0 Å². The Bertz CT molecular complexity index is 1360. The summed E-state index contributed by atoms with van der Waals surface area (Å²) in [7, 11) is 0. The number of nitrogens with one attached hydrogen (secondary N) is 1. The molecular formula is C27H29FN4O4. The average Bonchev–Trinajstić information content (AvgIpc) is 3.71. The topological polar surface area (TPSA) is 87.0 Å². The van der Waals surface area contributed by atoms with E-state index in [9.17, 15) is 14.7 Å². The summed E-state index contributed by atoms with van der Waals surface area (Å²) >= 11 is 0. The zero-order chi connectivity index (χ0) is 25.2. The summed E-state index contributed by atoms with van der Waals surface area (Å²) < 4.78 is 17.0. The predicted octanol–water partition coefficient (Wildman–Crippen LogP) is 3.88. The lowest BCUT2D eigenvalue weighted by atomic mass is 10.1. The van der Waals surface area contributed by atoms with Crippen LogP contribution < -0.4 is 15.8 Å². The number of piperazine rings is 1. The Morgan fingerprint density at radius 1 is 1.17 bits per heavy atom. The van der Waals surface area contributed by atoms with Crippen molar-refractivity contribution in [1.29, 1.82) is 0 Å². The highest BCUT2D eigenvalue weighted by atomic mass is 19.1. The zero-order valence-corrected chi connectivity index (χ0v) is 20.1. The Kier molecular flexibility index (Phi) is 6.65. The molecule has 2 fully saturated rings. The molecule has 9 heteroatoms. The molecule has 0 atom stereocenters. The van der Waals surface area contributed by atoms with Gasteiger partial charge >= 0.3 is 5.97 Å². The van der Waals surface area contributed by atoms with Crippen molar-refractivity contribution in [1.82, 2.24) is 14.9 Å². The summed E-state index contributed by atoms with van der Waals surface area (Å²) in [6.07, 6.45) is 5.23. The molecule has 0 amide bonds. The predicted molar refractivity (Wildman–Crippen MR) is 135 cm³/mol. The van der Waals surface area contributed by atoms with Crippen LogP contribution in [0.15, 0.2) is 65.4 Å². The van der Waals surface area contributed by atoms with Crippen molar-refractivity contribution >= 4 is 22.6 Å². The van der Waals surface area contributed by atoms with Gasteiger partial charge in [-0.05, 0) is 37.5 Å². The number of anilines is 1. The fraction of sp³-hybridized carbons (Fsp3) is 0.333. The molecule has 0 spiro atoms. The van der Waals surface area contributed by atoms with Crippen LogP contribution in [0.4, 0.5) is 10.1 Å². The van der Waals surface area contributed by atoms with E-state index in [1.807, 2.05) is 52.9 Å². The van der Waals surface area contributed by atoms with Gasteiger partial charge in [0.2, 0.25) is 5.43 Å². The van der Waals surface area contributed by atoms with Crippen LogP contribution in [0.2, 0.25) is 0 Å². The molecule has 2 heterocycles. The summed E-state index contributed by atoms with van der Waals surface area (Å²) in [6.45, 7) is 5.00.